The molecule has 0 atom stereocenters. The van der Waals surface area contributed by atoms with Gasteiger partial charge in [-0.2, -0.15) is 0 Å². The van der Waals surface area contributed by atoms with Crippen molar-refractivity contribution in [3.8, 4) is 0 Å². The Morgan fingerprint density at radius 3 is 1.19 bits per heavy atom. The SMILES string of the molecule is C=C(C)C(N)=O.CCCCCCCCCCCCCCCCCC[N+](C)(C)CCC.[Br-]. The van der Waals surface area contributed by atoms with E-state index >= 15 is 0 Å². The van der Waals surface area contributed by atoms with Crippen LogP contribution < -0.4 is 22.7 Å². The minimum Gasteiger partial charge on any atom is -1.00 e. The molecule has 0 spiro atoms. The average Bonchev–Trinajstić information content (AvgIpc) is 2.68. The third-order valence-corrected chi connectivity index (χ3v) is 5.87. The van der Waals surface area contributed by atoms with E-state index < -0.39 is 5.91 Å². The third-order valence-electron chi connectivity index (χ3n) is 5.87. The number of nitrogens with zero attached hydrogens (tertiary/aromatic N) is 1. The molecule has 188 valence electrons. The molecule has 0 aromatic carbocycles. The van der Waals surface area contributed by atoms with Crippen LogP contribution in [0.25, 0.3) is 0 Å². The first-order chi connectivity index (χ1) is 14.3. The van der Waals surface area contributed by atoms with Crippen molar-refractivity contribution in [1.29, 1.82) is 0 Å². The van der Waals surface area contributed by atoms with E-state index in [2.05, 4.69) is 34.5 Å². The largest absolute Gasteiger partial charge is 1.00 e. The molecule has 0 saturated heterocycles. The van der Waals surface area contributed by atoms with Crippen LogP contribution in [0.15, 0.2) is 12.2 Å². The van der Waals surface area contributed by atoms with Gasteiger partial charge in [0.15, 0.2) is 0 Å². The lowest BCUT2D eigenvalue weighted by atomic mass is 10.0. The smallest absolute Gasteiger partial charge is 0.243 e. The predicted molar refractivity (Wildman–Crippen MR) is 136 cm³/mol. The molecule has 3 nitrogen and oxygen atoms in total. The maximum absolute atomic E-state index is 9.82. The molecule has 1 amide bonds. The summed E-state index contributed by atoms with van der Waals surface area (Å²) in [5.41, 5.74) is 5.09. The van der Waals surface area contributed by atoms with Crippen molar-refractivity contribution in [2.75, 3.05) is 27.2 Å². The van der Waals surface area contributed by atoms with Crippen LogP contribution in [-0.4, -0.2) is 37.6 Å². The molecule has 0 aliphatic carbocycles. The van der Waals surface area contributed by atoms with E-state index in [1.54, 1.807) is 6.92 Å². The number of carbonyl (C=O) groups excluding carboxylic acids is 1. The third kappa shape index (κ3) is 31.9. The lowest BCUT2D eigenvalue weighted by molar-refractivity contribution is -0.890. The number of hydrogen-bond donors (Lipinski definition) is 1. The second-order valence-electron chi connectivity index (χ2n) is 9.83. The van der Waals surface area contributed by atoms with E-state index in [4.69, 9.17) is 5.73 Å². The summed E-state index contributed by atoms with van der Waals surface area (Å²) in [7, 11) is 4.77. The quantitative estimate of drug-likeness (QED) is 0.144. The molecule has 0 heterocycles. The van der Waals surface area contributed by atoms with Crippen LogP contribution in [0, 0.1) is 0 Å². The Balaban J connectivity index is -0.000000976. The molecule has 0 aliphatic rings. The van der Waals surface area contributed by atoms with Crippen LogP contribution in [0.2, 0.25) is 0 Å². The fraction of sp³-hybridized carbons (Fsp3) is 0.889. The molecule has 0 aromatic rings. The number of unbranched alkanes of at least 4 members (excludes halogenated alkanes) is 15. The lowest BCUT2D eigenvalue weighted by Gasteiger charge is -2.29. The molecule has 0 bridgehead atoms. The summed E-state index contributed by atoms with van der Waals surface area (Å²) >= 11 is 0. The zero-order valence-corrected chi connectivity index (χ0v) is 23.5. The second kappa shape index (κ2) is 25.9. The average molecular weight is 506 g/mol. The van der Waals surface area contributed by atoms with E-state index in [0.29, 0.717) is 5.57 Å². The van der Waals surface area contributed by atoms with Crippen LogP contribution in [0.1, 0.15) is 130 Å². The normalized spacial score (nSPS) is 10.7. The van der Waals surface area contributed by atoms with Crippen molar-refractivity contribution in [3.63, 3.8) is 0 Å². The molecule has 0 aromatic heterocycles. The Kier molecular flexibility index (Phi) is 29.5. The number of rotatable bonds is 20. The first-order valence-electron chi connectivity index (χ1n) is 13.0. The highest BCUT2D eigenvalue weighted by atomic mass is 79.9. The topological polar surface area (TPSA) is 43.1 Å². The minimum atomic E-state index is -0.435. The van der Waals surface area contributed by atoms with Crippen molar-refractivity contribution < 1.29 is 26.3 Å². The van der Waals surface area contributed by atoms with Crippen molar-refractivity contribution in [3.05, 3.63) is 12.2 Å². The van der Waals surface area contributed by atoms with E-state index in [1.165, 1.54) is 127 Å². The number of primary amides is 1. The highest BCUT2D eigenvalue weighted by molar-refractivity contribution is 5.90. The van der Waals surface area contributed by atoms with Gasteiger partial charge in [0.05, 0.1) is 27.2 Å². The van der Waals surface area contributed by atoms with E-state index in [9.17, 15) is 4.79 Å². The van der Waals surface area contributed by atoms with Gasteiger partial charge in [-0.1, -0.05) is 110 Å². The van der Waals surface area contributed by atoms with Crippen LogP contribution in [0.4, 0.5) is 0 Å². The summed E-state index contributed by atoms with van der Waals surface area (Å²) in [4.78, 5) is 9.82. The number of hydrogen-bond acceptors (Lipinski definition) is 1. The second-order valence-corrected chi connectivity index (χ2v) is 9.83. The monoisotopic (exact) mass is 504 g/mol. The molecule has 0 fully saturated rings. The Hall–Kier alpha value is -0.350. The van der Waals surface area contributed by atoms with Crippen LogP contribution in [-0.2, 0) is 4.79 Å². The minimum absolute atomic E-state index is 0. The fourth-order valence-electron chi connectivity index (χ4n) is 3.81. The van der Waals surface area contributed by atoms with Gasteiger partial charge in [-0.15, -0.1) is 0 Å². The summed E-state index contributed by atoms with van der Waals surface area (Å²) in [6.07, 6.45) is 24.7. The highest BCUT2D eigenvalue weighted by Crippen LogP contribution is 2.14. The van der Waals surface area contributed by atoms with Crippen molar-refractivity contribution >= 4 is 5.91 Å². The van der Waals surface area contributed by atoms with Crippen LogP contribution >= 0.6 is 0 Å². The Labute approximate surface area is 207 Å². The van der Waals surface area contributed by atoms with Gasteiger partial charge in [0.1, 0.15) is 0 Å². The van der Waals surface area contributed by atoms with Gasteiger partial charge in [-0.05, 0) is 26.2 Å². The number of quaternary nitrogens is 1. The summed E-state index contributed by atoms with van der Waals surface area (Å²) in [6.45, 7) is 12.1. The highest BCUT2D eigenvalue weighted by Gasteiger charge is 2.11. The van der Waals surface area contributed by atoms with Crippen molar-refractivity contribution in [2.24, 2.45) is 5.73 Å². The predicted octanol–water partition coefficient (Wildman–Crippen LogP) is 4.79. The molecule has 2 N–H and O–H groups in total. The number of amides is 1. The van der Waals surface area contributed by atoms with Gasteiger partial charge in [-0.25, -0.2) is 0 Å². The number of nitrogens with two attached hydrogens (primary N) is 1. The molecule has 0 unspecified atom stereocenters. The molecule has 0 aliphatic heterocycles. The molecule has 0 radical (unpaired) electrons. The van der Waals surface area contributed by atoms with Crippen LogP contribution in [0.3, 0.4) is 0 Å². The summed E-state index contributed by atoms with van der Waals surface area (Å²) in [6, 6.07) is 0. The first kappa shape index (κ1) is 35.2. The van der Waals surface area contributed by atoms with Gasteiger partial charge in [0.2, 0.25) is 5.91 Å². The van der Waals surface area contributed by atoms with E-state index in [0.717, 1.165) is 0 Å². The molecular formula is C27H57BrN2O. The van der Waals surface area contributed by atoms with Crippen molar-refractivity contribution in [1.82, 2.24) is 0 Å². The number of carbonyl (C=O) groups is 1. The lowest BCUT2D eigenvalue weighted by Crippen LogP contribution is -3.00. The van der Waals surface area contributed by atoms with Crippen molar-refractivity contribution in [2.45, 2.75) is 130 Å². The molecule has 4 heteroatoms. The maximum atomic E-state index is 9.82. The fourth-order valence-corrected chi connectivity index (χ4v) is 3.81. The van der Waals surface area contributed by atoms with Gasteiger partial charge < -0.3 is 27.2 Å². The van der Waals surface area contributed by atoms with Gasteiger partial charge in [0, 0.05) is 5.57 Å². The van der Waals surface area contributed by atoms with Crippen LogP contribution in [0.5, 0.6) is 0 Å². The maximum Gasteiger partial charge on any atom is 0.243 e. The molecule has 0 rings (SSSR count). The Morgan fingerprint density at radius 1 is 0.645 bits per heavy atom. The molecular weight excluding hydrogens is 448 g/mol. The standard InChI is InChI=1S/C23H50N.C4H7NO.BrH/c1-5-7-8-9-10-11-12-13-14-15-16-17-18-19-20-21-23-24(3,4)22-6-2;1-3(2)4(5)6;/h5-23H2,1-4H3;1H2,2H3,(H2,5,6);1H/q+1;;/p-1. The summed E-state index contributed by atoms with van der Waals surface area (Å²) in [5.74, 6) is -0.435. The molecule has 31 heavy (non-hydrogen) atoms. The summed E-state index contributed by atoms with van der Waals surface area (Å²) < 4.78 is 1.22. The summed E-state index contributed by atoms with van der Waals surface area (Å²) in [5, 5.41) is 0. The zero-order chi connectivity index (χ0) is 23.1. The number of halogens is 1. The first-order valence-corrected chi connectivity index (χ1v) is 13.0. The van der Waals surface area contributed by atoms with Gasteiger partial charge in [-0.3, -0.25) is 4.79 Å². The van der Waals surface area contributed by atoms with E-state index in [-0.39, 0.29) is 17.0 Å². The Morgan fingerprint density at radius 2 is 0.935 bits per heavy atom. The van der Waals surface area contributed by atoms with Gasteiger partial charge >= 0.3 is 0 Å². The van der Waals surface area contributed by atoms with E-state index in [1.807, 2.05) is 0 Å². The van der Waals surface area contributed by atoms with Gasteiger partial charge in [0.25, 0.3) is 0 Å². The molecule has 0 saturated carbocycles. The zero-order valence-electron chi connectivity index (χ0n) is 22.0. The Bertz CT molecular complexity index is 385.